The molecule has 0 amide bonds. The van der Waals surface area contributed by atoms with Crippen LogP contribution < -0.4 is 0 Å². The molecule has 0 unspecified atom stereocenters. The van der Waals surface area contributed by atoms with Gasteiger partial charge in [0.1, 0.15) is 5.76 Å². The first-order valence-electron chi connectivity index (χ1n) is 5.76. The highest BCUT2D eigenvalue weighted by Gasteiger charge is 2.33. The molecular formula is C12H17N3O. The molecule has 0 radical (unpaired) electrons. The maximum absolute atomic E-state index is 5.51. The van der Waals surface area contributed by atoms with Gasteiger partial charge >= 0.3 is 0 Å². The molecule has 1 fully saturated rings. The van der Waals surface area contributed by atoms with Gasteiger partial charge in [-0.2, -0.15) is 5.10 Å². The number of nitrogens with one attached hydrogen (secondary N) is 1. The van der Waals surface area contributed by atoms with Crippen molar-refractivity contribution < 1.29 is 5.95 Å². The molecule has 0 spiro atoms. The molecule has 1 saturated carbocycles. The van der Waals surface area contributed by atoms with Crippen molar-refractivity contribution >= 4 is 0 Å². The molecule has 2 aromatic rings. The fourth-order valence-electron chi connectivity index (χ4n) is 2.00. The van der Waals surface area contributed by atoms with Crippen LogP contribution in [0.1, 0.15) is 51.4 Å². The summed E-state index contributed by atoms with van der Waals surface area (Å²) in [6.07, 6.45) is 4.20. The zero-order valence-electron chi connectivity index (χ0n) is 9.53. The second-order valence-electron chi connectivity index (χ2n) is 4.71. The molecular weight excluding hydrogens is 202 g/mol. The standard InChI is InChI=1S/C12H15N3O.H2/c1-7(2)11-10(9-5-6-13-14-9)12(16-15-11)8-3-4-8;/h5-8H,3-4H2,1-2H3,(H,13,14);1H. The van der Waals surface area contributed by atoms with Crippen LogP contribution in [0.3, 0.4) is 0 Å². The maximum Gasteiger partial charge on any atom is 0.149 e. The van der Waals surface area contributed by atoms with Gasteiger partial charge in [0.15, 0.2) is 0 Å². The lowest BCUT2D eigenvalue weighted by Gasteiger charge is -2.03. The van der Waals surface area contributed by atoms with Crippen LogP contribution in [0, 0.1) is 0 Å². The summed E-state index contributed by atoms with van der Waals surface area (Å²) in [6.45, 7) is 4.27. The Labute approximate surface area is 95.5 Å². The third kappa shape index (κ3) is 1.45. The van der Waals surface area contributed by atoms with Gasteiger partial charge in [0.2, 0.25) is 0 Å². The Morgan fingerprint density at radius 1 is 1.50 bits per heavy atom. The van der Waals surface area contributed by atoms with Gasteiger partial charge in [0.05, 0.1) is 17.0 Å². The van der Waals surface area contributed by atoms with Crippen molar-refractivity contribution in [1.82, 2.24) is 15.4 Å². The minimum Gasteiger partial charge on any atom is -0.360 e. The SMILES string of the molecule is CC(C)c1noc(C2CC2)c1-c1ccn[nH]1.[HH]. The van der Waals surface area contributed by atoms with Gasteiger partial charge in [0.25, 0.3) is 0 Å². The predicted octanol–water partition coefficient (Wildman–Crippen LogP) is 3.31. The van der Waals surface area contributed by atoms with E-state index in [0.717, 1.165) is 22.7 Å². The number of rotatable bonds is 3. The molecule has 0 aromatic carbocycles. The Morgan fingerprint density at radius 3 is 2.88 bits per heavy atom. The Balaban J connectivity index is 0.00000108. The molecule has 1 aliphatic carbocycles. The lowest BCUT2D eigenvalue weighted by atomic mass is 10.0. The Hall–Kier alpha value is -1.58. The van der Waals surface area contributed by atoms with Gasteiger partial charge in [0, 0.05) is 13.5 Å². The van der Waals surface area contributed by atoms with Crippen LogP contribution in [-0.2, 0) is 0 Å². The molecule has 4 nitrogen and oxygen atoms in total. The number of hydrogen-bond donors (Lipinski definition) is 1. The Morgan fingerprint density at radius 2 is 2.31 bits per heavy atom. The van der Waals surface area contributed by atoms with E-state index >= 15 is 0 Å². The minimum atomic E-state index is 0. The van der Waals surface area contributed by atoms with Crippen LogP contribution in [0.4, 0.5) is 0 Å². The summed E-state index contributed by atoms with van der Waals surface area (Å²) < 4.78 is 5.51. The number of hydrogen-bond acceptors (Lipinski definition) is 3. The molecule has 16 heavy (non-hydrogen) atoms. The van der Waals surface area contributed by atoms with E-state index in [9.17, 15) is 0 Å². The van der Waals surface area contributed by atoms with E-state index in [4.69, 9.17) is 4.52 Å². The predicted molar refractivity (Wildman–Crippen MR) is 62.3 cm³/mol. The summed E-state index contributed by atoms with van der Waals surface area (Å²) in [7, 11) is 0. The number of H-pyrrole nitrogens is 1. The van der Waals surface area contributed by atoms with Crippen LogP contribution in [0.5, 0.6) is 0 Å². The zero-order chi connectivity index (χ0) is 11.1. The van der Waals surface area contributed by atoms with Crippen LogP contribution >= 0.6 is 0 Å². The second kappa shape index (κ2) is 3.47. The van der Waals surface area contributed by atoms with Crippen molar-refractivity contribution in [3.05, 3.63) is 23.7 Å². The molecule has 3 rings (SSSR count). The van der Waals surface area contributed by atoms with Crippen molar-refractivity contribution in [1.29, 1.82) is 0 Å². The van der Waals surface area contributed by atoms with Crippen LogP contribution in [-0.4, -0.2) is 15.4 Å². The van der Waals surface area contributed by atoms with E-state index in [-0.39, 0.29) is 1.43 Å². The zero-order valence-corrected chi connectivity index (χ0v) is 9.53. The average molecular weight is 219 g/mol. The summed E-state index contributed by atoms with van der Waals surface area (Å²) in [4.78, 5) is 0. The summed E-state index contributed by atoms with van der Waals surface area (Å²) in [5, 5.41) is 11.2. The third-order valence-corrected chi connectivity index (χ3v) is 3.01. The van der Waals surface area contributed by atoms with Gasteiger partial charge in [-0.05, 0) is 24.8 Å². The highest BCUT2D eigenvalue weighted by atomic mass is 16.5. The summed E-state index contributed by atoms with van der Waals surface area (Å²) in [6, 6.07) is 1.98. The molecule has 0 aliphatic heterocycles. The summed E-state index contributed by atoms with van der Waals surface area (Å²) in [5.41, 5.74) is 3.19. The first-order chi connectivity index (χ1) is 7.77. The van der Waals surface area contributed by atoms with E-state index in [1.165, 1.54) is 12.8 Å². The normalized spacial score (nSPS) is 15.9. The fourth-order valence-corrected chi connectivity index (χ4v) is 2.00. The Bertz CT molecular complexity index is 466. The van der Waals surface area contributed by atoms with Gasteiger partial charge in [-0.1, -0.05) is 19.0 Å². The van der Waals surface area contributed by atoms with Crippen molar-refractivity contribution in [2.24, 2.45) is 0 Å². The van der Waals surface area contributed by atoms with Crippen LogP contribution in [0.15, 0.2) is 16.8 Å². The van der Waals surface area contributed by atoms with Crippen molar-refractivity contribution in [2.75, 3.05) is 0 Å². The molecule has 86 valence electrons. The highest BCUT2D eigenvalue weighted by molar-refractivity contribution is 5.65. The molecule has 2 heterocycles. The minimum absolute atomic E-state index is 0. The lowest BCUT2D eigenvalue weighted by molar-refractivity contribution is 0.376. The molecule has 2 aromatic heterocycles. The van der Waals surface area contributed by atoms with E-state index in [1.54, 1.807) is 6.20 Å². The van der Waals surface area contributed by atoms with Gasteiger partial charge in [-0.3, -0.25) is 5.10 Å². The smallest absolute Gasteiger partial charge is 0.149 e. The van der Waals surface area contributed by atoms with E-state index < -0.39 is 0 Å². The highest BCUT2D eigenvalue weighted by Crippen LogP contribution is 2.46. The average Bonchev–Trinajstić information content (AvgIpc) is 2.82. The molecule has 4 heteroatoms. The van der Waals surface area contributed by atoms with Crippen molar-refractivity contribution in [3.8, 4) is 11.3 Å². The fraction of sp³-hybridized carbons (Fsp3) is 0.500. The molecule has 1 aliphatic rings. The maximum atomic E-state index is 5.51. The van der Waals surface area contributed by atoms with Crippen molar-refractivity contribution in [3.63, 3.8) is 0 Å². The summed E-state index contributed by atoms with van der Waals surface area (Å²) >= 11 is 0. The van der Waals surface area contributed by atoms with Gasteiger partial charge < -0.3 is 4.52 Å². The van der Waals surface area contributed by atoms with Crippen LogP contribution in [0.2, 0.25) is 0 Å². The molecule has 0 bridgehead atoms. The van der Waals surface area contributed by atoms with E-state index in [2.05, 4.69) is 29.2 Å². The Kier molecular flexibility index (Phi) is 2.09. The first kappa shape index (κ1) is 9.63. The second-order valence-corrected chi connectivity index (χ2v) is 4.71. The quantitative estimate of drug-likeness (QED) is 0.861. The molecule has 1 N–H and O–H groups in total. The van der Waals surface area contributed by atoms with Crippen molar-refractivity contribution in [2.45, 2.75) is 38.5 Å². The molecule has 0 saturated heterocycles. The number of nitrogens with zero attached hydrogens (tertiary/aromatic N) is 2. The summed E-state index contributed by atoms with van der Waals surface area (Å²) in [5.74, 6) is 1.97. The van der Waals surface area contributed by atoms with E-state index in [0.29, 0.717) is 11.8 Å². The van der Waals surface area contributed by atoms with Crippen LogP contribution in [0.25, 0.3) is 11.3 Å². The van der Waals surface area contributed by atoms with E-state index in [1.807, 2.05) is 6.07 Å². The largest absolute Gasteiger partial charge is 0.360 e. The monoisotopic (exact) mass is 219 g/mol. The van der Waals surface area contributed by atoms with Gasteiger partial charge in [-0.25, -0.2) is 0 Å². The number of aromatic nitrogens is 3. The van der Waals surface area contributed by atoms with Gasteiger partial charge in [-0.15, -0.1) is 0 Å². The lowest BCUT2D eigenvalue weighted by Crippen LogP contribution is -1.92. The molecule has 0 atom stereocenters. The first-order valence-corrected chi connectivity index (χ1v) is 5.76. The topological polar surface area (TPSA) is 54.7 Å². The third-order valence-electron chi connectivity index (χ3n) is 3.01. The number of aromatic amines is 1.